The number of hydrogen-bond donors (Lipinski definition) is 0. The maximum atomic E-state index is 2.81. The number of fused-ring (bicyclic) bond motifs is 2. The Morgan fingerprint density at radius 3 is 2.43 bits per heavy atom. The topological polar surface area (TPSA) is 6.48 Å². The van der Waals surface area contributed by atoms with E-state index in [4.69, 9.17) is 0 Å². The summed E-state index contributed by atoms with van der Waals surface area (Å²) in [5, 5.41) is 0. The standard InChI is InChI=1S/C19H28N2/c1-14-3-4-15(2)18(11-14)20-7-9-21(10-8-20)19-13-16-5-6-17(19)12-16/h3-4,11,16-17,19H,5-10,12-13H2,1-2H3/t16-,17+,19-/m0/s1. The first-order valence-electron chi connectivity index (χ1n) is 8.77. The third kappa shape index (κ3) is 2.48. The largest absolute Gasteiger partial charge is 0.369 e. The van der Waals surface area contributed by atoms with Gasteiger partial charge in [-0.2, -0.15) is 0 Å². The van der Waals surface area contributed by atoms with Crippen LogP contribution in [0.25, 0.3) is 0 Å². The van der Waals surface area contributed by atoms with Crippen LogP contribution in [-0.4, -0.2) is 37.1 Å². The monoisotopic (exact) mass is 284 g/mol. The van der Waals surface area contributed by atoms with E-state index in [1.165, 1.54) is 68.7 Å². The van der Waals surface area contributed by atoms with Crippen LogP contribution in [0.4, 0.5) is 5.69 Å². The molecular weight excluding hydrogens is 256 g/mol. The highest BCUT2D eigenvalue weighted by atomic mass is 15.3. The minimum absolute atomic E-state index is 0.921. The molecule has 21 heavy (non-hydrogen) atoms. The van der Waals surface area contributed by atoms with Crippen molar-refractivity contribution in [2.24, 2.45) is 11.8 Å². The Labute approximate surface area is 129 Å². The van der Waals surface area contributed by atoms with Crippen molar-refractivity contribution < 1.29 is 0 Å². The molecule has 4 rings (SSSR count). The van der Waals surface area contributed by atoms with Gasteiger partial charge in [-0.3, -0.25) is 4.90 Å². The lowest BCUT2D eigenvalue weighted by Crippen LogP contribution is -2.51. The van der Waals surface area contributed by atoms with Crippen molar-refractivity contribution in [1.82, 2.24) is 4.90 Å². The second-order valence-electron chi connectivity index (χ2n) is 7.56. The molecule has 2 bridgehead atoms. The molecule has 3 atom stereocenters. The SMILES string of the molecule is Cc1ccc(C)c(N2CCN([C@H]3C[C@H]4CC[C@@H]3C4)CC2)c1. The van der Waals surface area contributed by atoms with E-state index in [1.807, 2.05) is 0 Å². The van der Waals surface area contributed by atoms with Gasteiger partial charge in [0, 0.05) is 37.9 Å². The third-order valence-electron chi connectivity index (χ3n) is 6.19. The Hall–Kier alpha value is -1.02. The van der Waals surface area contributed by atoms with Crippen LogP contribution >= 0.6 is 0 Å². The average molecular weight is 284 g/mol. The van der Waals surface area contributed by atoms with Crippen LogP contribution in [0.1, 0.15) is 36.8 Å². The molecule has 1 saturated heterocycles. The average Bonchev–Trinajstić information content (AvgIpc) is 3.13. The molecule has 0 aromatic heterocycles. The summed E-state index contributed by atoms with van der Waals surface area (Å²) in [5.74, 6) is 2.10. The van der Waals surface area contributed by atoms with Crippen LogP contribution in [0.3, 0.4) is 0 Å². The zero-order valence-corrected chi connectivity index (χ0v) is 13.5. The maximum absolute atomic E-state index is 2.81. The van der Waals surface area contributed by atoms with Crippen molar-refractivity contribution in [1.29, 1.82) is 0 Å². The number of anilines is 1. The Morgan fingerprint density at radius 2 is 1.76 bits per heavy atom. The molecule has 1 aromatic carbocycles. The second-order valence-corrected chi connectivity index (χ2v) is 7.56. The molecule has 0 amide bonds. The van der Waals surface area contributed by atoms with Crippen molar-refractivity contribution in [3.8, 4) is 0 Å². The Kier molecular flexibility index (Phi) is 3.45. The summed E-state index contributed by atoms with van der Waals surface area (Å²) in [6, 6.07) is 7.78. The number of piperazine rings is 1. The van der Waals surface area contributed by atoms with E-state index in [2.05, 4.69) is 41.8 Å². The zero-order chi connectivity index (χ0) is 14.4. The van der Waals surface area contributed by atoms with Gasteiger partial charge in [-0.05, 0) is 62.1 Å². The molecule has 2 nitrogen and oxygen atoms in total. The van der Waals surface area contributed by atoms with Crippen LogP contribution in [-0.2, 0) is 0 Å². The molecule has 2 heteroatoms. The minimum atomic E-state index is 0.921. The number of hydrogen-bond acceptors (Lipinski definition) is 2. The Bertz CT molecular complexity index is 516. The lowest BCUT2D eigenvalue weighted by Gasteiger charge is -2.42. The molecule has 1 heterocycles. The van der Waals surface area contributed by atoms with Gasteiger partial charge in [0.25, 0.3) is 0 Å². The summed E-state index contributed by atoms with van der Waals surface area (Å²) < 4.78 is 0. The van der Waals surface area contributed by atoms with E-state index in [-0.39, 0.29) is 0 Å². The van der Waals surface area contributed by atoms with E-state index in [0.717, 1.165) is 17.9 Å². The Morgan fingerprint density at radius 1 is 0.952 bits per heavy atom. The Balaban J connectivity index is 1.41. The van der Waals surface area contributed by atoms with Gasteiger partial charge in [0.2, 0.25) is 0 Å². The number of rotatable bonds is 2. The fourth-order valence-electron chi connectivity index (χ4n) is 5.01. The first-order valence-corrected chi connectivity index (χ1v) is 8.77. The minimum Gasteiger partial charge on any atom is -0.369 e. The predicted octanol–water partition coefficient (Wildman–Crippen LogP) is 3.61. The summed E-state index contributed by atoms with van der Waals surface area (Å²) in [4.78, 5) is 5.41. The summed E-state index contributed by atoms with van der Waals surface area (Å²) in [7, 11) is 0. The van der Waals surface area contributed by atoms with Gasteiger partial charge >= 0.3 is 0 Å². The van der Waals surface area contributed by atoms with Crippen LogP contribution in [0.15, 0.2) is 18.2 Å². The number of aryl methyl sites for hydroxylation is 2. The van der Waals surface area contributed by atoms with Gasteiger partial charge in [0.15, 0.2) is 0 Å². The molecule has 0 N–H and O–H groups in total. The van der Waals surface area contributed by atoms with Crippen molar-refractivity contribution in [3.05, 3.63) is 29.3 Å². The van der Waals surface area contributed by atoms with E-state index in [1.54, 1.807) is 0 Å². The van der Waals surface area contributed by atoms with E-state index in [0.29, 0.717) is 0 Å². The number of benzene rings is 1. The molecule has 114 valence electrons. The van der Waals surface area contributed by atoms with Crippen molar-refractivity contribution >= 4 is 5.69 Å². The van der Waals surface area contributed by atoms with Gasteiger partial charge in [-0.1, -0.05) is 18.6 Å². The normalized spacial score (nSPS) is 32.9. The summed E-state index contributed by atoms with van der Waals surface area (Å²) in [5.41, 5.74) is 4.27. The molecular formula is C19H28N2. The van der Waals surface area contributed by atoms with Crippen molar-refractivity contribution in [3.63, 3.8) is 0 Å². The third-order valence-corrected chi connectivity index (χ3v) is 6.19. The van der Waals surface area contributed by atoms with E-state index in [9.17, 15) is 0 Å². The molecule has 2 saturated carbocycles. The van der Waals surface area contributed by atoms with Crippen LogP contribution in [0.5, 0.6) is 0 Å². The van der Waals surface area contributed by atoms with Gasteiger partial charge in [-0.15, -0.1) is 0 Å². The molecule has 3 fully saturated rings. The smallest absolute Gasteiger partial charge is 0.0399 e. The summed E-state index contributed by atoms with van der Waals surface area (Å²) in [6.07, 6.45) is 6.05. The highest BCUT2D eigenvalue weighted by molar-refractivity contribution is 5.55. The lowest BCUT2D eigenvalue weighted by molar-refractivity contribution is 0.135. The predicted molar refractivity (Wildman–Crippen MR) is 88.9 cm³/mol. The first-order chi connectivity index (χ1) is 10.2. The van der Waals surface area contributed by atoms with E-state index >= 15 is 0 Å². The van der Waals surface area contributed by atoms with Gasteiger partial charge in [0.1, 0.15) is 0 Å². The highest BCUT2D eigenvalue weighted by Gasteiger charge is 2.42. The molecule has 0 unspecified atom stereocenters. The second kappa shape index (κ2) is 5.31. The fourth-order valence-corrected chi connectivity index (χ4v) is 5.01. The van der Waals surface area contributed by atoms with Gasteiger partial charge < -0.3 is 4.90 Å². The molecule has 1 aromatic rings. The van der Waals surface area contributed by atoms with Gasteiger partial charge in [-0.25, -0.2) is 0 Å². The molecule has 0 spiro atoms. The molecule has 1 aliphatic heterocycles. The highest BCUT2D eigenvalue weighted by Crippen LogP contribution is 2.46. The fraction of sp³-hybridized carbons (Fsp3) is 0.684. The number of nitrogens with zero attached hydrogens (tertiary/aromatic N) is 2. The van der Waals surface area contributed by atoms with Crippen LogP contribution in [0, 0.1) is 25.7 Å². The first kappa shape index (κ1) is 13.6. The maximum Gasteiger partial charge on any atom is 0.0399 e. The molecule has 3 aliphatic rings. The van der Waals surface area contributed by atoms with Crippen LogP contribution in [0.2, 0.25) is 0 Å². The zero-order valence-electron chi connectivity index (χ0n) is 13.5. The summed E-state index contributed by atoms with van der Waals surface area (Å²) in [6.45, 7) is 9.39. The molecule has 0 radical (unpaired) electrons. The van der Waals surface area contributed by atoms with Crippen molar-refractivity contribution in [2.45, 2.75) is 45.6 Å². The van der Waals surface area contributed by atoms with Crippen LogP contribution < -0.4 is 4.90 Å². The summed E-state index contributed by atoms with van der Waals surface area (Å²) >= 11 is 0. The lowest BCUT2D eigenvalue weighted by atomic mass is 9.93. The van der Waals surface area contributed by atoms with E-state index < -0.39 is 0 Å². The molecule has 2 aliphatic carbocycles. The van der Waals surface area contributed by atoms with Gasteiger partial charge in [0.05, 0.1) is 0 Å². The quantitative estimate of drug-likeness (QED) is 0.818. The van der Waals surface area contributed by atoms with Crippen molar-refractivity contribution in [2.75, 3.05) is 31.1 Å².